The van der Waals surface area contributed by atoms with Crippen molar-refractivity contribution in [2.45, 2.75) is 63.6 Å². The number of amides is 2. The predicted molar refractivity (Wildman–Crippen MR) is 126 cm³/mol. The Balaban J connectivity index is 2.14. The molecule has 0 radical (unpaired) electrons. The SMILES string of the molecule is CC[C@H](C(=O)NC(C)(C)C)N(Cc1ccc(Cl)cc1)C(=O)CCSc1ccccc1. The van der Waals surface area contributed by atoms with E-state index in [1.807, 2.05) is 70.2 Å². The average Bonchev–Trinajstić information content (AvgIpc) is 2.68. The molecule has 0 fully saturated rings. The van der Waals surface area contributed by atoms with Crippen molar-refractivity contribution in [1.29, 1.82) is 0 Å². The predicted octanol–water partition coefficient (Wildman–Crippen LogP) is 5.54. The van der Waals surface area contributed by atoms with Crippen molar-refractivity contribution in [1.82, 2.24) is 10.2 Å². The zero-order valence-electron chi connectivity index (χ0n) is 18.2. The van der Waals surface area contributed by atoms with E-state index in [-0.39, 0.29) is 17.4 Å². The molecule has 2 rings (SSSR count). The smallest absolute Gasteiger partial charge is 0.243 e. The quantitative estimate of drug-likeness (QED) is 0.514. The van der Waals surface area contributed by atoms with E-state index in [1.54, 1.807) is 28.8 Å². The molecule has 0 aliphatic rings. The summed E-state index contributed by atoms with van der Waals surface area (Å²) in [4.78, 5) is 29.0. The number of nitrogens with one attached hydrogen (secondary N) is 1. The van der Waals surface area contributed by atoms with Crippen LogP contribution in [0.25, 0.3) is 0 Å². The highest BCUT2D eigenvalue weighted by molar-refractivity contribution is 7.99. The zero-order chi connectivity index (χ0) is 22.1. The molecule has 0 aliphatic heterocycles. The number of halogens is 1. The van der Waals surface area contributed by atoms with Gasteiger partial charge in [0.25, 0.3) is 0 Å². The minimum absolute atomic E-state index is 0.0238. The van der Waals surface area contributed by atoms with Crippen LogP contribution in [0.5, 0.6) is 0 Å². The molecule has 1 atom stereocenters. The summed E-state index contributed by atoms with van der Waals surface area (Å²) in [7, 11) is 0. The van der Waals surface area contributed by atoms with Crippen LogP contribution in [-0.4, -0.2) is 34.0 Å². The van der Waals surface area contributed by atoms with Gasteiger partial charge in [0.05, 0.1) is 0 Å². The van der Waals surface area contributed by atoms with Gasteiger partial charge in [-0.2, -0.15) is 0 Å². The highest BCUT2D eigenvalue weighted by Gasteiger charge is 2.30. The topological polar surface area (TPSA) is 49.4 Å². The molecule has 2 aromatic carbocycles. The standard InChI is InChI=1S/C24H31ClN2O2S/c1-5-21(23(29)26-24(2,3)4)27(17-18-11-13-19(25)14-12-18)22(28)15-16-30-20-9-7-6-8-10-20/h6-14,21H,5,15-17H2,1-4H3,(H,26,29)/t21-/m1/s1. The van der Waals surface area contributed by atoms with Gasteiger partial charge in [0, 0.05) is 34.2 Å². The number of thioether (sulfide) groups is 1. The van der Waals surface area contributed by atoms with E-state index < -0.39 is 6.04 Å². The normalized spacial score (nSPS) is 12.3. The van der Waals surface area contributed by atoms with E-state index in [1.165, 1.54) is 0 Å². The monoisotopic (exact) mass is 446 g/mol. The second kappa shape index (κ2) is 11.4. The summed E-state index contributed by atoms with van der Waals surface area (Å²) in [5, 5.41) is 3.67. The highest BCUT2D eigenvalue weighted by atomic mass is 35.5. The van der Waals surface area contributed by atoms with E-state index >= 15 is 0 Å². The lowest BCUT2D eigenvalue weighted by Gasteiger charge is -2.33. The van der Waals surface area contributed by atoms with Crippen molar-refractivity contribution in [3.8, 4) is 0 Å². The largest absolute Gasteiger partial charge is 0.350 e. The van der Waals surface area contributed by atoms with Gasteiger partial charge in [0.1, 0.15) is 6.04 Å². The first-order valence-corrected chi connectivity index (χ1v) is 11.6. The Morgan fingerprint density at radius 2 is 1.70 bits per heavy atom. The van der Waals surface area contributed by atoms with Crippen LogP contribution in [0.15, 0.2) is 59.5 Å². The summed E-state index contributed by atoms with van der Waals surface area (Å²) in [6.07, 6.45) is 0.916. The Labute approximate surface area is 189 Å². The van der Waals surface area contributed by atoms with Gasteiger partial charge in [0.15, 0.2) is 0 Å². The maximum absolute atomic E-state index is 13.2. The Bertz CT molecular complexity index is 819. The molecule has 0 heterocycles. The molecular weight excluding hydrogens is 416 g/mol. The number of benzene rings is 2. The average molecular weight is 447 g/mol. The van der Waals surface area contributed by atoms with Crippen LogP contribution >= 0.6 is 23.4 Å². The Morgan fingerprint density at radius 1 is 1.07 bits per heavy atom. The zero-order valence-corrected chi connectivity index (χ0v) is 19.7. The first-order valence-electron chi connectivity index (χ1n) is 10.2. The lowest BCUT2D eigenvalue weighted by atomic mass is 10.1. The fourth-order valence-corrected chi connectivity index (χ4v) is 4.06. The molecule has 2 aromatic rings. The van der Waals surface area contributed by atoms with Gasteiger partial charge in [-0.15, -0.1) is 11.8 Å². The summed E-state index contributed by atoms with van der Waals surface area (Å²) in [5.74, 6) is 0.518. The first kappa shape index (κ1) is 24.3. The minimum atomic E-state index is -0.519. The molecule has 0 saturated carbocycles. The summed E-state index contributed by atoms with van der Waals surface area (Å²) >= 11 is 7.65. The fraction of sp³-hybridized carbons (Fsp3) is 0.417. The third kappa shape index (κ3) is 8.04. The van der Waals surface area contributed by atoms with Crippen LogP contribution in [-0.2, 0) is 16.1 Å². The first-order chi connectivity index (χ1) is 14.2. The third-order valence-corrected chi connectivity index (χ3v) is 5.74. The van der Waals surface area contributed by atoms with Crippen LogP contribution in [0.2, 0.25) is 5.02 Å². The second-order valence-corrected chi connectivity index (χ2v) is 9.83. The van der Waals surface area contributed by atoms with Crippen molar-refractivity contribution >= 4 is 35.2 Å². The van der Waals surface area contributed by atoms with Crippen molar-refractivity contribution in [2.75, 3.05) is 5.75 Å². The van der Waals surface area contributed by atoms with Gasteiger partial charge in [-0.05, 0) is 57.0 Å². The molecule has 6 heteroatoms. The number of nitrogens with zero attached hydrogens (tertiary/aromatic N) is 1. The van der Waals surface area contributed by atoms with Gasteiger partial charge < -0.3 is 10.2 Å². The summed E-state index contributed by atoms with van der Waals surface area (Å²) in [6.45, 7) is 8.15. The van der Waals surface area contributed by atoms with Crippen LogP contribution in [0.1, 0.15) is 46.1 Å². The Hall–Kier alpha value is -1.98. The summed E-state index contributed by atoms with van der Waals surface area (Å²) in [6, 6.07) is 16.9. The van der Waals surface area contributed by atoms with Crippen LogP contribution in [0.4, 0.5) is 0 Å². The van der Waals surface area contributed by atoms with E-state index in [9.17, 15) is 9.59 Å². The van der Waals surface area contributed by atoms with E-state index in [2.05, 4.69) is 5.32 Å². The van der Waals surface area contributed by atoms with Crippen molar-refractivity contribution in [3.63, 3.8) is 0 Å². The molecule has 162 valence electrons. The lowest BCUT2D eigenvalue weighted by Crippen LogP contribution is -2.53. The molecule has 0 aliphatic carbocycles. The number of rotatable bonds is 9. The van der Waals surface area contributed by atoms with E-state index in [4.69, 9.17) is 11.6 Å². The Morgan fingerprint density at radius 3 is 2.27 bits per heavy atom. The van der Waals surface area contributed by atoms with Gasteiger partial charge in [0.2, 0.25) is 11.8 Å². The van der Waals surface area contributed by atoms with Gasteiger partial charge in [-0.3, -0.25) is 9.59 Å². The molecule has 0 aromatic heterocycles. The summed E-state index contributed by atoms with van der Waals surface area (Å²) in [5.41, 5.74) is 0.591. The molecule has 0 bridgehead atoms. The number of carbonyl (C=O) groups is 2. The van der Waals surface area contributed by atoms with Crippen molar-refractivity contribution in [2.24, 2.45) is 0 Å². The van der Waals surface area contributed by atoms with E-state index in [0.29, 0.717) is 30.2 Å². The Kier molecular flexibility index (Phi) is 9.25. The molecule has 4 nitrogen and oxygen atoms in total. The van der Waals surface area contributed by atoms with Crippen LogP contribution in [0, 0.1) is 0 Å². The van der Waals surface area contributed by atoms with Crippen LogP contribution in [0.3, 0.4) is 0 Å². The number of hydrogen-bond acceptors (Lipinski definition) is 3. The molecule has 30 heavy (non-hydrogen) atoms. The van der Waals surface area contributed by atoms with Crippen LogP contribution < -0.4 is 5.32 Å². The molecule has 0 spiro atoms. The molecule has 2 amide bonds. The fourth-order valence-electron chi connectivity index (χ4n) is 3.08. The number of carbonyl (C=O) groups excluding carboxylic acids is 2. The molecule has 1 N–H and O–H groups in total. The maximum atomic E-state index is 13.2. The second-order valence-electron chi connectivity index (χ2n) is 8.22. The molecule has 0 saturated heterocycles. The van der Waals surface area contributed by atoms with Gasteiger partial charge >= 0.3 is 0 Å². The van der Waals surface area contributed by atoms with Crippen molar-refractivity contribution < 1.29 is 9.59 Å². The lowest BCUT2D eigenvalue weighted by molar-refractivity contribution is -0.141. The highest BCUT2D eigenvalue weighted by Crippen LogP contribution is 2.21. The molecular formula is C24H31ClN2O2S. The van der Waals surface area contributed by atoms with Crippen molar-refractivity contribution in [3.05, 3.63) is 65.2 Å². The van der Waals surface area contributed by atoms with Gasteiger partial charge in [-0.1, -0.05) is 48.9 Å². The van der Waals surface area contributed by atoms with E-state index in [0.717, 1.165) is 10.5 Å². The number of hydrogen-bond donors (Lipinski definition) is 1. The third-order valence-electron chi connectivity index (χ3n) is 4.48. The summed E-state index contributed by atoms with van der Waals surface area (Å²) < 4.78 is 0. The van der Waals surface area contributed by atoms with Gasteiger partial charge in [-0.25, -0.2) is 0 Å². The maximum Gasteiger partial charge on any atom is 0.243 e. The molecule has 0 unspecified atom stereocenters. The minimum Gasteiger partial charge on any atom is -0.350 e.